The monoisotopic (exact) mass is 322 g/mol. The lowest BCUT2D eigenvalue weighted by atomic mass is 10.0. The van der Waals surface area contributed by atoms with Crippen LogP contribution in [0.5, 0.6) is 0 Å². The van der Waals surface area contributed by atoms with E-state index < -0.39 is 12.0 Å². The Labute approximate surface area is 132 Å². The van der Waals surface area contributed by atoms with Gasteiger partial charge < -0.3 is 14.8 Å². The van der Waals surface area contributed by atoms with E-state index in [1.165, 1.54) is 11.3 Å². The van der Waals surface area contributed by atoms with Gasteiger partial charge in [0, 0.05) is 10.9 Å². The van der Waals surface area contributed by atoms with Crippen molar-refractivity contribution in [3.05, 3.63) is 29.7 Å². The van der Waals surface area contributed by atoms with Crippen LogP contribution in [0.15, 0.2) is 28.4 Å². The highest BCUT2D eigenvalue weighted by molar-refractivity contribution is 7.13. The van der Waals surface area contributed by atoms with Gasteiger partial charge in [-0.2, -0.15) is 0 Å². The lowest BCUT2D eigenvalue weighted by molar-refractivity contribution is -0.142. The largest absolute Gasteiger partial charge is 0.480 e. The third-order valence-corrected chi connectivity index (χ3v) is 3.94. The summed E-state index contributed by atoms with van der Waals surface area (Å²) in [4.78, 5) is 27.5. The van der Waals surface area contributed by atoms with E-state index in [2.05, 4.69) is 10.3 Å². The molecule has 0 bridgehead atoms. The van der Waals surface area contributed by atoms with Gasteiger partial charge in [0.25, 0.3) is 0 Å². The van der Waals surface area contributed by atoms with Gasteiger partial charge in [0.2, 0.25) is 5.91 Å². The molecular formula is C15H18N2O4S. The minimum Gasteiger partial charge on any atom is -0.480 e. The molecule has 7 heteroatoms. The predicted octanol–water partition coefficient (Wildman–Crippen LogP) is 2.56. The number of carbonyl (C=O) groups excluding carboxylic acids is 1. The normalized spacial score (nSPS) is 12.3. The second-order valence-corrected chi connectivity index (χ2v) is 6.28. The maximum absolute atomic E-state index is 12.0. The summed E-state index contributed by atoms with van der Waals surface area (Å²) in [7, 11) is 0. The summed E-state index contributed by atoms with van der Waals surface area (Å²) in [6, 6.07) is 0.936. The van der Waals surface area contributed by atoms with Gasteiger partial charge in [-0.15, -0.1) is 11.3 Å². The van der Waals surface area contributed by atoms with Crippen molar-refractivity contribution in [1.29, 1.82) is 0 Å². The number of aromatic nitrogens is 1. The first-order valence-corrected chi connectivity index (χ1v) is 7.82. The number of amides is 1. The molecule has 2 aromatic rings. The Morgan fingerprint density at radius 1 is 1.45 bits per heavy atom. The van der Waals surface area contributed by atoms with Crippen LogP contribution in [-0.2, 0) is 16.0 Å². The summed E-state index contributed by atoms with van der Waals surface area (Å²) in [5, 5.41) is 14.2. The highest BCUT2D eigenvalue weighted by Crippen LogP contribution is 2.24. The van der Waals surface area contributed by atoms with Crippen molar-refractivity contribution in [3.63, 3.8) is 0 Å². The van der Waals surface area contributed by atoms with E-state index in [0.29, 0.717) is 12.1 Å². The summed E-state index contributed by atoms with van der Waals surface area (Å²) >= 11 is 1.42. The van der Waals surface area contributed by atoms with Crippen LogP contribution in [0.1, 0.15) is 26.0 Å². The third kappa shape index (κ3) is 4.42. The van der Waals surface area contributed by atoms with Gasteiger partial charge in [-0.1, -0.05) is 13.8 Å². The molecule has 2 N–H and O–H groups in total. The van der Waals surface area contributed by atoms with Crippen molar-refractivity contribution < 1.29 is 19.1 Å². The van der Waals surface area contributed by atoms with Gasteiger partial charge in [0.1, 0.15) is 17.3 Å². The maximum atomic E-state index is 12.0. The van der Waals surface area contributed by atoms with Crippen LogP contribution in [-0.4, -0.2) is 28.0 Å². The zero-order valence-electron chi connectivity index (χ0n) is 12.4. The minimum absolute atomic E-state index is 0.0657. The molecule has 2 aromatic heterocycles. The van der Waals surface area contributed by atoms with E-state index in [1.54, 1.807) is 24.0 Å². The van der Waals surface area contributed by atoms with Crippen molar-refractivity contribution >= 4 is 23.2 Å². The fourth-order valence-corrected chi connectivity index (χ4v) is 2.82. The lowest BCUT2D eigenvalue weighted by Gasteiger charge is -2.16. The number of hydrogen-bond acceptors (Lipinski definition) is 5. The standard InChI is InChI=1S/C15H18N2O4S/c1-9(2)5-12(15(19)20)17-13(18)6-11-8-22-14(16-11)10-3-4-21-7-10/h3-4,7-9,12H,5-6H2,1-2H3,(H,17,18)(H,19,20)/t12-/m1/s1. The van der Waals surface area contributed by atoms with Crippen molar-refractivity contribution in [3.8, 4) is 10.6 Å². The van der Waals surface area contributed by atoms with E-state index >= 15 is 0 Å². The molecule has 0 spiro atoms. The number of hydrogen-bond donors (Lipinski definition) is 2. The molecule has 0 aromatic carbocycles. The molecule has 1 atom stereocenters. The Morgan fingerprint density at radius 2 is 2.23 bits per heavy atom. The Balaban J connectivity index is 1.95. The Bertz CT molecular complexity index is 634. The molecule has 6 nitrogen and oxygen atoms in total. The van der Waals surface area contributed by atoms with E-state index in [9.17, 15) is 9.59 Å². The molecule has 0 aliphatic carbocycles. The van der Waals surface area contributed by atoms with E-state index in [4.69, 9.17) is 9.52 Å². The van der Waals surface area contributed by atoms with E-state index in [-0.39, 0.29) is 18.2 Å². The predicted molar refractivity (Wildman–Crippen MR) is 82.5 cm³/mol. The highest BCUT2D eigenvalue weighted by atomic mass is 32.1. The van der Waals surface area contributed by atoms with Gasteiger partial charge >= 0.3 is 5.97 Å². The van der Waals surface area contributed by atoms with Gasteiger partial charge in [-0.05, 0) is 18.4 Å². The molecule has 0 radical (unpaired) electrons. The minimum atomic E-state index is -1.01. The summed E-state index contributed by atoms with van der Waals surface area (Å²) < 4.78 is 5.00. The summed E-state index contributed by atoms with van der Waals surface area (Å²) in [6.45, 7) is 3.83. The van der Waals surface area contributed by atoms with Crippen LogP contribution < -0.4 is 5.32 Å². The summed E-state index contributed by atoms with van der Waals surface area (Å²) in [5.74, 6) is -1.16. The number of nitrogens with one attached hydrogen (secondary N) is 1. The molecule has 1 amide bonds. The molecule has 2 rings (SSSR count). The van der Waals surface area contributed by atoms with Gasteiger partial charge in [-0.3, -0.25) is 4.79 Å². The highest BCUT2D eigenvalue weighted by Gasteiger charge is 2.21. The Morgan fingerprint density at radius 3 is 2.82 bits per heavy atom. The van der Waals surface area contributed by atoms with Crippen molar-refractivity contribution in [2.45, 2.75) is 32.7 Å². The summed E-state index contributed by atoms with van der Waals surface area (Å²) in [5.41, 5.74) is 1.48. The SMILES string of the molecule is CC(C)C[C@@H](NC(=O)Cc1csc(-c2ccoc2)n1)C(=O)O. The van der Waals surface area contributed by atoms with Gasteiger partial charge in [0.05, 0.1) is 18.4 Å². The van der Waals surface area contributed by atoms with Crippen LogP contribution in [0.4, 0.5) is 0 Å². The maximum Gasteiger partial charge on any atom is 0.326 e. The Kier molecular flexibility index (Phi) is 5.32. The molecule has 0 saturated carbocycles. The molecule has 0 fully saturated rings. The zero-order chi connectivity index (χ0) is 16.1. The smallest absolute Gasteiger partial charge is 0.326 e. The topological polar surface area (TPSA) is 92.4 Å². The molecule has 0 aliphatic heterocycles. The average molecular weight is 322 g/mol. The number of nitrogens with zero attached hydrogens (tertiary/aromatic N) is 1. The molecule has 0 saturated heterocycles. The number of aliphatic carboxylic acids is 1. The van der Waals surface area contributed by atoms with Crippen LogP contribution in [0.2, 0.25) is 0 Å². The average Bonchev–Trinajstić information content (AvgIpc) is 3.07. The quantitative estimate of drug-likeness (QED) is 0.817. The number of rotatable bonds is 7. The fourth-order valence-electron chi connectivity index (χ4n) is 2.01. The number of carboxylic acid groups (broad SMARTS) is 1. The fraction of sp³-hybridized carbons (Fsp3) is 0.400. The van der Waals surface area contributed by atoms with Crippen molar-refractivity contribution in [1.82, 2.24) is 10.3 Å². The zero-order valence-corrected chi connectivity index (χ0v) is 13.2. The molecule has 2 heterocycles. The van der Waals surface area contributed by atoms with Crippen molar-refractivity contribution in [2.75, 3.05) is 0 Å². The first-order chi connectivity index (χ1) is 10.5. The number of carboxylic acids is 1. The van der Waals surface area contributed by atoms with Crippen LogP contribution >= 0.6 is 11.3 Å². The molecule has 118 valence electrons. The Hall–Kier alpha value is -2.15. The van der Waals surface area contributed by atoms with Gasteiger partial charge in [0.15, 0.2) is 0 Å². The lowest BCUT2D eigenvalue weighted by Crippen LogP contribution is -2.42. The van der Waals surface area contributed by atoms with E-state index in [0.717, 1.165) is 10.6 Å². The van der Waals surface area contributed by atoms with Crippen LogP contribution in [0.3, 0.4) is 0 Å². The van der Waals surface area contributed by atoms with Crippen LogP contribution in [0.25, 0.3) is 10.6 Å². The van der Waals surface area contributed by atoms with Crippen molar-refractivity contribution in [2.24, 2.45) is 5.92 Å². The van der Waals surface area contributed by atoms with Gasteiger partial charge in [-0.25, -0.2) is 9.78 Å². The molecular weight excluding hydrogens is 304 g/mol. The number of thiazole rings is 1. The second kappa shape index (κ2) is 7.22. The molecule has 0 unspecified atom stereocenters. The number of carbonyl (C=O) groups is 2. The third-order valence-electron chi connectivity index (χ3n) is 3.00. The number of furan rings is 1. The second-order valence-electron chi connectivity index (χ2n) is 5.42. The first-order valence-electron chi connectivity index (χ1n) is 6.95. The summed E-state index contributed by atoms with van der Waals surface area (Å²) in [6.07, 6.45) is 3.62. The van der Waals surface area contributed by atoms with E-state index in [1.807, 2.05) is 13.8 Å². The molecule has 22 heavy (non-hydrogen) atoms. The first kappa shape index (κ1) is 16.2. The molecule has 0 aliphatic rings. The van der Waals surface area contributed by atoms with Crippen LogP contribution in [0, 0.1) is 5.92 Å².